The second kappa shape index (κ2) is 7.98. The molecule has 1 aliphatic heterocycles. The largest absolute Gasteiger partial charge is 0.454 e. The Labute approximate surface area is 172 Å². The molecule has 1 heterocycles. The smallest absolute Gasteiger partial charge is 0.331 e. The van der Waals surface area contributed by atoms with Crippen LogP contribution < -0.4 is 9.47 Å². The van der Waals surface area contributed by atoms with Gasteiger partial charge in [0, 0.05) is 11.6 Å². The molecule has 0 saturated heterocycles. The van der Waals surface area contributed by atoms with Crippen molar-refractivity contribution < 1.29 is 28.7 Å². The lowest BCUT2D eigenvalue weighted by molar-refractivity contribution is -0.385. The van der Waals surface area contributed by atoms with Crippen molar-refractivity contribution in [3.8, 4) is 11.5 Å². The topological polar surface area (TPSA) is 105 Å². The first-order valence-electron chi connectivity index (χ1n) is 9.55. The molecule has 0 amide bonds. The van der Waals surface area contributed by atoms with E-state index < -0.39 is 17.0 Å². The highest BCUT2D eigenvalue weighted by Gasteiger charge is 2.23. The van der Waals surface area contributed by atoms with Gasteiger partial charge in [-0.3, -0.25) is 14.9 Å². The van der Waals surface area contributed by atoms with Crippen LogP contribution >= 0.6 is 0 Å². The van der Waals surface area contributed by atoms with Crippen LogP contribution in [0.1, 0.15) is 40.4 Å². The van der Waals surface area contributed by atoms with Gasteiger partial charge < -0.3 is 14.2 Å². The molecule has 0 aromatic heterocycles. The summed E-state index contributed by atoms with van der Waals surface area (Å²) < 4.78 is 15.6. The molecule has 8 heteroatoms. The van der Waals surface area contributed by atoms with E-state index in [1.54, 1.807) is 6.07 Å². The van der Waals surface area contributed by atoms with E-state index in [4.69, 9.17) is 14.2 Å². The summed E-state index contributed by atoms with van der Waals surface area (Å²) in [6.07, 6.45) is 4.38. The maximum atomic E-state index is 12.6. The Kier molecular flexibility index (Phi) is 5.22. The first-order valence-corrected chi connectivity index (χ1v) is 9.55. The van der Waals surface area contributed by atoms with Crippen molar-refractivity contribution in [1.29, 1.82) is 0 Å². The number of carbonyl (C=O) groups excluding carboxylic acids is 2. The monoisotopic (exact) mass is 409 g/mol. The standard InChI is InChI=1S/C22H19NO7/c1-13(22(25)17-6-5-14-3-2-4-15(14)9-17)30-21(24)8-7-16-10-19-20(29-12-28-19)11-18(16)23(26)27/h5-11,13H,2-4,12H2,1H3/b8-7+/t13-/m1/s1. The number of nitro benzene ring substituents is 1. The minimum absolute atomic E-state index is 0.0238. The van der Waals surface area contributed by atoms with Crippen molar-refractivity contribution in [3.05, 3.63) is 68.8 Å². The number of Topliss-reactive ketones (excluding diaryl/α,β-unsaturated/α-hetero) is 1. The summed E-state index contributed by atoms with van der Waals surface area (Å²) in [4.78, 5) is 35.5. The molecule has 0 fully saturated rings. The highest BCUT2D eigenvalue weighted by Crippen LogP contribution is 2.38. The van der Waals surface area contributed by atoms with E-state index in [1.165, 1.54) is 30.7 Å². The van der Waals surface area contributed by atoms with Gasteiger partial charge in [-0.1, -0.05) is 12.1 Å². The van der Waals surface area contributed by atoms with Gasteiger partial charge in [0.25, 0.3) is 5.69 Å². The van der Waals surface area contributed by atoms with Gasteiger partial charge in [-0.2, -0.15) is 0 Å². The van der Waals surface area contributed by atoms with Crippen LogP contribution in [0, 0.1) is 10.1 Å². The number of benzene rings is 2. The van der Waals surface area contributed by atoms with Crippen molar-refractivity contribution in [1.82, 2.24) is 0 Å². The Morgan fingerprint density at radius 3 is 2.63 bits per heavy atom. The molecule has 4 rings (SSSR count). The Balaban J connectivity index is 1.45. The van der Waals surface area contributed by atoms with Gasteiger partial charge in [0.05, 0.1) is 16.6 Å². The van der Waals surface area contributed by atoms with Crippen LogP contribution in [0.5, 0.6) is 11.5 Å². The number of carbonyl (C=O) groups is 2. The molecule has 0 radical (unpaired) electrons. The van der Waals surface area contributed by atoms with E-state index in [9.17, 15) is 19.7 Å². The third-order valence-electron chi connectivity index (χ3n) is 5.16. The van der Waals surface area contributed by atoms with Crippen molar-refractivity contribution in [2.75, 3.05) is 6.79 Å². The summed E-state index contributed by atoms with van der Waals surface area (Å²) >= 11 is 0. The summed E-state index contributed by atoms with van der Waals surface area (Å²) in [7, 11) is 0. The number of ether oxygens (including phenoxy) is 3. The second-order valence-corrected chi connectivity index (χ2v) is 7.14. The number of rotatable bonds is 6. The molecule has 2 aromatic rings. The van der Waals surface area contributed by atoms with Crippen LogP contribution in [-0.4, -0.2) is 29.6 Å². The third-order valence-corrected chi connectivity index (χ3v) is 5.16. The molecule has 0 N–H and O–H groups in total. The van der Waals surface area contributed by atoms with Crippen LogP contribution in [0.2, 0.25) is 0 Å². The number of hydrogen-bond acceptors (Lipinski definition) is 7. The van der Waals surface area contributed by atoms with Crippen LogP contribution in [0.3, 0.4) is 0 Å². The minimum Gasteiger partial charge on any atom is -0.454 e. The second-order valence-electron chi connectivity index (χ2n) is 7.14. The fraction of sp³-hybridized carbons (Fsp3) is 0.273. The molecule has 1 atom stereocenters. The molecule has 2 aliphatic rings. The molecular weight excluding hydrogens is 390 g/mol. The summed E-state index contributed by atoms with van der Waals surface area (Å²) in [5.41, 5.74) is 2.86. The van der Waals surface area contributed by atoms with E-state index in [0.717, 1.165) is 30.9 Å². The number of esters is 1. The number of nitro groups is 1. The van der Waals surface area contributed by atoms with Crippen LogP contribution in [-0.2, 0) is 22.4 Å². The Morgan fingerprint density at radius 2 is 1.87 bits per heavy atom. The minimum atomic E-state index is -0.978. The number of aryl methyl sites for hydroxylation is 2. The van der Waals surface area contributed by atoms with Gasteiger partial charge in [-0.05, 0) is 55.5 Å². The lowest BCUT2D eigenvalue weighted by atomic mass is 10.0. The molecule has 154 valence electrons. The summed E-state index contributed by atoms with van der Waals surface area (Å²) in [5.74, 6) is -0.437. The highest BCUT2D eigenvalue weighted by atomic mass is 16.7. The van der Waals surface area contributed by atoms with Gasteiger partial charge in [-0.15, -0.1) is 0 Å². The van der Waals surface area contributed by atoms with E-state index in [0.29, 0.717) is 11.3 Å². The molecule has 0 unspecified atom stereocenters. The van der Waals surface area contributed by atoms with Gasteiger partial charge in [0.2, 0.25) is 12.6 Å². The quantitative estimate of drug-likeness (QED) is 0.236. The molecule has 8 nitrogen and oxygen atoms in total. The van der Waals surface area contributed by atoms with E-state index in [-0.39, 0.29) is 29.6 Å². The predicted octanol–water partition coefficient (Wildman–Crippen LogP) is 3.64. The van der Waals surface area contributed by atoms with Gasteiger partial charge in [-0.25, -0.2) is 4.79 Å². The fourth-order valence-electron chi connectivity index (χ4n) is 3.62. The first kappa shape index (κ1) is 19.6. The van der Waals surface area contributed by atoms with Gasteiger partial charge in [0.1, 0.15) is 0 Å². The van der Waals surface area contributed by atoms with E-state index >= 15 is 0 Å². The zero-order chi connectivity index (χ0) is 21.3. The highest BCUT2D eigenvalue weighted by molar-refractivity contribution is 6.01. The summed E-state index contributed by atoms with van der Waals surface area (Å²) in [6.45, 7) is 1.48. The number of ketones is 1. The maximum Gasteiger partial charge on any atom is 0.331 e. The van der Waals surface area contributed by atoms with Crippen LogP contribution in [0.4, 0.5) is 5.69 Å². The molecule has 0 saturated carbocycles. The summed E-state index contributed by atoms with van der Waals surface area (Å²) in [5, 5.41) is 11.3. The Hall–Kier alpha value is -3.68. The zero-order valence-electron chi connectivity index (χ0n) is 16.3. The van der Waals surface area contributed by atoms with Crippen LogP contribution in [0.25, 0.3) is 6.08 Å². The van der Waals surface area contributed by atoms with Crippen molar-refractivity contribution in [2.45, 2.75) is 32.3 Å². The van der Waals surface area contributed by atoms with E-state index in [2.05, 4.69) is 0 Å². The molecule has 0 spiro atoms. The van der Waals surface area contributed by atoms with Gasteiger partial charge in [0.15, 0.2) is 17.6 Å². The SMILES string of the molecule is C[C@@H](OC(=O)/C=C/c1cc2c(cc1[N+](=O)[O-])OCO2)C(=O)c1ccc2c(c1)CCC2. The van der Waals surface area contributed by atoms with Crippen LogP contribution in [0.15, 0.2) is 36.4 Å². The van der Waals surface area contributed by atoms with Crippen molar-refractivity contribution in [3.63, 3.8) is 0 Å². The normalized spacial score (nSPS) is 15.1. The maximum absolute atomic E-state index is 12.6. The zero-order valence-corrected chi connectivity index (χ0v) is 16.3. The molecule has 30 heavy (non-hydrogen) atoms. The lowest BCUT2D eigenvalue weighted by Gasteiger charge is -2.12. The Bertz CT molecular complexity index is 1070. The molecular formula is C22H19NO7. The van der Waals surface area contributed by atoms with Crippen molar-refractivity contribution >= 4 is 23.5 Å². The molecule has 1 aliphatic carbocycles. The first-order chi connectivity index (χ1) is 14.4. The summed E-state index contributed by atoms with van der Waals surface area (Å²) in [6, 6.07) is 8.23. The van der Waals surface area contributed by atoms with E-state index in [1.807, 2.05) is 12.1 Å². The number of nitrogens with zero attached hydrogens (tertiary/aromatic N) is 1. The predicted molar refractivity (Wildman–Crippen MR) is 107 cm³/mol. The average molecular weight is 409 g/mol. The molecule has 0 bridgehead atoms. The third kappa shape index (κ3) is 3.89. The average Bonchev–Trinajstić information content (AvgIpc) is 3.38. The number of hydrogen-bond donors (Lipinski definition) is 0. The molecule has 2 aromatic carbocycles. The van der Waals surface area contributed by atoms with Crippen molar-refractivity contribution in [2.24, 2.45) is 0 Å². The fourth-order valence-corrected chi connectivity index (χ4v) is 3.62. The Morgan fingerprint density at radius 1 is 1.13 bits per heavy atom. The number of fused-ring (bicyclic) bond motifs is 2. The van der Waals surface area contributed by atoms with Gasteiger partial charge >= 0.3 is 5.97 Å². The lowest BCUT2D eigenvalue weighted by Crippen LogP contribution is -2.23.